The molecule has 1 rings (SSSR count). The zero-order chi connectivity index (χ0) is 14.8. The summed E-state index contributed by atoms with van der Waals surface area (Å²) >= 11 is 6.07. The van der Waals surface area contributed by atoms with Crippen LogP contribution in [0.3, 0.4) is 0 Å². The lowest BCUT2D eigenvalue weighted by atomic mass is 9.94. The Labute approximate surface area is 128 Å². The second-order valence-electron chi connectivity index (χ2n) is 5.75. The highest BCUT2D eigenvalue weighted by Crippen LogP contribution is 2.18. The van der Waals surface area contributed by atoms with Crippen molar-refractivity contribution in [2.45, 2.75) is 45.6 Å². The number of methoxy groups -OCH3 is 1. The molecule has 114 valence electrons. The number of unbranched alkanes of at least 4 members (excludes halogenated alkanes) is 1. The summed E-state index contributed by atoms with van der Waals surface area (Å²) in [5, 5.41) is 4.39. The maximum Gasteiger partial charge on any atom is 0.0462 e. The van der Waals surface area contributed by atoms with Crippen LogP contribution >= 0.6 is 11.6 Å². The van der Waals surface area contributed by atoms with Crippen molar-refractivity contribution in [3.63, 3.8) is 0 Å². The van der Waals surface area contributed by atoms with Crippen LogP contribution in [0, 0.1) is 5.92 Å². The van der Waals surface area contributed by atoms with E-state index in [1.807, 2.05) is 12.1 Å². The third-order valence-electron chi connectivity index (χ3n) is 3.44. The summed E-state index contributed by atoms with van der Waals surface area (Å²) in [5.74, 6) is 0.660. The number of nitrogens with one attached hydrogen (secondary N) is 1. The van der Waals surface area contributed by atoms with Crippen molar-refractivity contribution in [3.05, 3.63) is 34.9 Å². The van der Waals surface area contributed by atoms with Gasteiger partial charge >= 0.3 is 0 Å². The molecule has 1 aromatic rings. The van der Waals surface area contributed by atoms with Gasteiger partial charge in [-0.2, -0.15) is 0 Å². The van der Waals surface area contributed by atoms with Gasteiger partial charge < -0.3 is 10.1 Å². The monoisotopic (exact) mass is 297 g/mol. The van der Waals surface area contributed by atoms with E-state index in [0.717, 1.165) is 31.0 Å². The zero-order valence-corrected chi connectivity index (χ0v) is 13.7. The van der Waals surface area contributed by atoms with E-state index in [9.17, 15) is 0 Å². The molecule has 1 unspecified atom stereocenters. The first-order chi connectivity index (χ1) is 9.61. The van der Waals surface area contributed by atoms with E-state index < -0.39 is 0 Å². The molecule has 20 heavy (non-hydrogen) atoms. The summed E-state index contributed by atoms with van der Waals surface area (Å²) in [5.41, 5.74) is 1.33. The molecular weight excluding hydrogens is 270 g/mol. The Morgan fingerprint density at radius 2 is 2.05 bits per heavy atom. The summed E-state index contributed by atoms with van der Waals surface area (Å²) in [4.78, 5) is 0. The van der Waals surface area contributed by atoms with Crippen LogP contribution in [0.1, 0.15) is 38.7 Å². The molecular formula is C17H28ClNO. The molecule has 2 nitrogen and oxygen atoms in total. The second-order valence-corrected chi connectivity index (χ2v) is 6.19. The van der Waals surface area contributed by atoms with Gasteiger partial charge in [-0.05, 0) is 49.4 Å². The van der Waals surface area contributed by atoms with Crippen molar-refractivity contribution in [1.29, 1.82) is 0 Å². The molecule has 0 aliphatic heterocycles. The maximum absolute atomic E-state index is 6.07. The van der Waals surface area contributed by atoms with Gasteiger partial charge in [0.15, 0.2) is 0 Å². The maximum atomic E-state index is 6.07. The van der Waals surface area contributed by atoms with Crippen LogP contribution in [0.2, 0.25) is 5.02 Å². The number of ether oxygens (including phenoxy) is 1. The molecule has 3 heteroatoms. The van der Waals surface area contributed by atoms with E-state index in [1.54, 1.807) is 7.11 Å². The Bertz CT molecular complexity index is 368. The topological polar surface area (TPSA) is 21.3 Å². The van der Waals surface area contributed by atoms with Gasteiger partial charge in [-0.25, -0.2) is 0 Å². The molecule has 1 atom stereocenters. The van der Waals surface area contributed by atoms with Crippen molar-refractivity contribution >= 4 is 11.6 Å². The molecule has 0 radical (unpaired) electrons. The molecule has 1 N–H and O–H groups in total. The van der Waals surface area contributed by atoms with Gasteiger partial charge in [0.1, 0.15) is 0 Å². The lowest BCUT2D eigenvalue weighted by Crippen LogP contribution is -2.30. The summed E-state index contributed by atoms with van der Waals surface area (Å²) in [6.07, 6.45) is 4.69. The predicted molar refractivity (Wildman–Crippen MR) is 87.5 cm³/mol. The van der Waals surface area contributed by atoms with Crippen LogP contribution in [-0.2, 0) is 11.2 Å². The van der Waals surface area contributed by atoms with Crippen LogP contribution in [-0.4, -0.2) is 26.3 Å². The molecule has 0 amide bonds. The predicted octanol–water partition coefficient (Wildman–Crippen LogP) is 4.31. The van der Waals surface area contributed by atoms with Crippen molar-refractivity contribution in [3.8, 4) is 0 Å². The quantitative estimate of drug-likeness (QED) is 0.650. The van der Waals surface area contributed by atoms with Crippen LogP contribution < -0.4 is 5.32 Å². The Balaban J connectivity index is 2.47. The average molecular weight is 298 g/mol. The first-order valence-electron chi connectivity index (χ1n) is 7.58. The normalized spacial score (nSPS) is 12.8. The molecule has 0 heterocycles. The second kappa shape index (κ2) is 10.2. The first-order valence-corrected chi connectivity index (χ1v) is 7.96. The smallest absolute Gasteiger partial charge is 0.0462 e. The van der Waals surface area contributed by atoms with Crippen LogP contribution in [0.4, 0.5) is 0 Å². The van der Waals surface area contributed by atoms with Crippen LogP contribution in [0.5, 0.6) is 0 Å². The fourth-order valence-electron chi connectivity index (χ4n) is 2.36. The van der Waals surface area contributed by atoms with Crippen molar-refractivity contribution in [1.82, 2.24) is 5.32 Å². The summed E-state index contributed by atoms with van der Waals surface area (Å²) in [6, 6.07) is 8.76. The van der Waals surface area contributed by atoms with Crippen LogP contribution in [0.25, 0.3) is 0 Å². The summed E-state index contributed by atoms with van der Waals surface area (Å²) in [7, 11) is 1.77. The molecule has 0 bridgehead atoms. The highest BCUT2D eigenvalue weighted by atomic mass is 35.5. The van der Waals surface area contributed by atoms with Crippen molar-refractivity contribution < 1.29 is 4.74 Å². The third-order valence-corrected chi connectivity index (χ3v) is 3.67. The van der Waals surface area contributed by atoms with Gasteiger partial charge in [-0.3, -0.25) is 0 Å². The minimum absolute atomic E-state index is 0.538. The van der Waals surface area contributed by atoms with Gasteiger partial charge in [0, 0.05) is 24.8 Å². The van der Waals surface area contributed by atoms with E-state index in [0.29, 0.717) is 12.0 Å². The Morgan fingerprint density at radius 1 is 1.25 bits per heavy atom. The minimum atomic E-state index is 0.538. The van der Waals surface area contributed by atoms with Crippen molar-refractivity contribution in [2.75, 3.05) is 20.3 Å². The van der Waals surface area contributed by atoms with E-state index in [2.05, 4.69) is 31.3 Å². The molecule has 0 aliphatic rings. The highest BCUT2D eigenvalue weighted by molar-refractivity contribution is 6.30. The number of hydrogen-bond acceptors (Lipinski definition) is 2. The summed E-state index contributed by atoms with van der Waals surface area (Å²) < 4.78 is 5.12. The van der Waals surface area contributed by atoms with E-state index >= 15 is 0 Å². The fourth-order valence-corrected chi connectivity index (χ4v) is 2.57. The lowest BCUT2D eigenvalue weighted by molar-refractivity contribution is 0.190. The molecule has 0 saturated carbocycles. The molecule has 0 spiro atoms. The standard InChI is InChI=1S/C17H28ClNO/c1-14(2)19-13-16(7-4-5-10-20-3)11-15-8-6-9-17(18)12-15/h6,8-9,12,14,16,19H,4-5,7,10-11,13H2,1-3H3. The zero-order valence-electron chi connectivity index (χ0n) is 13.0. The first kappa shape index (κ1) is 17.5. The van der Waals surface area contributed by atoms with Gasteiger partial charge in [0.25, 0.3) is 0 Å². The summed E-state index contributed by atoms with van der Waals surface area (Å²) in [6.45, 7) is 6.32. The van der Waals surface area contributed by atoms with Gasteiger partial charge in [0.05, 0.1) is 0 Å². The number of hydrogen-bond donors (Lipinski definition) is 1. The number of rotatable bonds is 10. The van der Waals surface area contributed by atoms with E-state index in [1.165, 1.54) is 18.4 Å². The van der Waals surface area contributed by atoms with E-state index in [4.69, 9.17) is 16.3 Å². The molecule has 0 aromatic heterocycles. The largest absolute Gasteiger partial charge is 0.385 e. The lowest BCUT2D eigenvalue weighted by Gasteiger charge is -2.19. The Morgan fingerprint density at radius 3 is 2.70 bits per heavy atom. The molecule has 1 aromatic carbocycles. The SMILES string of the molecule is COCCCCC(CNC(C)C)Cc1cccc(Cl)c1. The fraction of sp³-hybridized carbons (Fsp3) is 0.647. The number of halogens is 1. The van der Waals surface area contributed by atoms with Gasteiger partial charge in [-0.1, -0.05) is 44.0 Å². The van der Waals surface area contributed by atoms with E-state index in [-0.39, 0.29) is 0 Å². The molecule has 0 fully saturated rings. The molecule has 0 aliphatic carbocycles. The third kappa shape index (κ3) is 7.88. The Kier molecular flexibility index (Phi) is 8.92. The Hall–Kier alpha value is -0.570. The molecule has 0 saturated heterocycles. The highest BCUT2D eigenvalue weighted by Gasteiger charge is 2.10. The average Bonchev–Trinajstić information content (AvgIpc) is 2.40. The van der Waals surface area contributed by atoms with Gasteiger partial charge in [-0.15, -0.1) is 0 Å². The van der Waals surface area contributed by atoms with Crippen LogP contribution in [0.15, 0.2) is 24.3 Å². The minimum Gasteiger partial charge on any atom is -0.385 e. The van der Waals surface area contributed by atoms with Crippen molar-refractivity contribution in [2.24, 2.45) is 5.92 Å². The number of benzene rings is 1. The van der Waals surface area contributed by atoms with Gasteiger partial charge in [0.2, 0.25) is 0 Å².